The maximum Gasteiger partial charge on any atom is 0.365 e. The molecule has 17 heavy (non-hydrogen) atoms. The molecule has 0 unspecified atom stereocenters. The lowest BCUT2D eigenvalue weighted by molar-refractivity contribution is 0.373. The zero-order valence-electron chi connectivity index (χ0n) is 9.19. The number of methoxy groups -OCH3 is 1. The molecule has 88 valence electrons. The first-order valence-corrected chi connectivity index (χ1v) is 4.87. The number of benzene rings is 1. The minimum Gasteiger partial charge on any atom is -0.504 e. The molecule has 0 atom stereocenters. The van der Waals surface area contributed by atoms with Gasteiger partial charge in [0.2, 0.25) is 0 Å². The van der Waals surface area contributed by atoms with Crippen LogP contribution in [0.25, 0.3) is 12.7 Å². The summed E-state index contributed by atoms with van der Waals surface area (Å²) in [4.78, 5) is 11.3. The Balaban J connectivity index is 2.58. The van der Waals surface area contributed by atoms with Gasteiger partial charge in [-0.05, 0) is 23.8 Å². The highest BCUT2D eigenvalue weighted by Crippen LogP contribution is 2.26. The summed E-state index contributed by atoms with van der Waals surface area (Å²) in [6.07, 6.45) is 1.57. The van der Waals surface area contributed by atoms with E-state index in [9.17, 15) is 9.90 Å². The lowest BCUT2D eigenvalue weighted by Gasteiger charge is -2.02. The van der Waals surface area contributed by atoms with Crippen molar-refractivity contribution >= 4 is 12.7 Å². The molecule has 0 amide bonds. The van der Waals surface area contributed by atoms with E-state index < -0.39 is 5.63 Å². The van der Waals surface area contributed by atoms with E-state index >= 15 is 0 Å². The quantitative estimate of drug-likeness (QED) is 0.760. The number of aromatic amines is 1. The van der Waals surface area contributed by atoms with E-state index in [4.69, 9.17) is 4.74 Å². The molecule has 0 saturated carbocycles. The van der Waals surface area contributed by atoms with Gasteiger partial charge in [-0.15, -0.1) is 0 Å². The SMILES string of the molecule is C=c1[nH]oc(=O)c1=Cc1ccc(OC)c(O)c1. The monoisotopic (exact) mass is 233 g/mol. The van der Waals surface area contributed by atoms with Gasteiger partial charge in [-0.1, -0.05) is 12.6 Å². The van der Waals surface area contributed by atoms with E-state index in [0.29, 0.717) is 21.9 Å². The normalized spacial score (nSPS) is 11.7. The molecule has 1 aromatic carbocycles. The summed E-state index contributed by atoms with van der Waals surface area (Å²) in [6, 6.07) is 4.81. The maximum absolute atomic E-state index is 11.3. The average molecular weight is 233 g/mol. The van der Waals surface area contributed by atoms with Gasteiger partial charge in [0.25, 0.3) is 0 Å². The Hall–Kier alpha value is -2.43. The number of phenolic OH excluding ortho intramolecular Hbond substituents is 1. The Morgan fingerprint density at radius 3 is 2.82 bits per heavy atom. The Morgan fingerprint density at radius 2 is 2.29 bits per heavy atom. The number of nitrogens with one attached hydrogen (secondary N) is 1. The van der Waals surface area contributed by atoms with Crippen LogP contribution in [-0.2, 0) is 0 Å². The molecule has 5 heteroatoms. The molecule has 2 rings (SSSR count). The predicted molar refractivity (Wildman–Crippen MR) is 62.3 cm³/mol. The topological polar surface area (TPSA) is 75.5 Å². The van der Waals surface area contributed by atoms with Crippen LogP contribution in [0.5, 0.6) is 11.5 Å². The van der Waals surface area contributed by atoms with Gasteiger partial charge in [0.15, 0.2) is 11.5 Å². The number of aromatic hydroxyl groups is 1. The minimum atomic E-state index is -0.495. The summed E-state index contributed by atoms with van der Waals surface area (Å²) in [5.41, 5.74) is 0.158. The lowest BCUT2D eigenvalue weighted by Crippen LogP contribution is -2.31. The van der Waals surface area contributed by atoms with Gasteiger partial charge in [0, 0.05) is 0 Å². The van der Waals surface area contributed by atoms with Crippen molar-refractivity contribution in [3.8, 4) is 11.5 Å². The summed E-state index contributed by atoms with van der Waals surface area (Å²) < 4.78 is 9.50. The van der Waals surface area contributed by atoms with Crippen LogP contribution < -0.4 is 20.9 Å². The standard InChI is InChI=1S/C12H11NO4/c1-7-9(12(15)17-13-7)5-8-3-4-11(16-2)10(14)6-8/h3-6,13-14H,1H2,2H3. The second-order valence-corrected chi connectivity index (χ2v) is 3.46. The molecule has 0 spiro atoms. The molecule has 1 heterocycles. The fourth-order valence-corrected chi connectivity index (χ4v) is 1.45. The number of rotatable bonds is 2. The van der Waals surface area contributed by atoms with Crippen LogP contribution in [0.3, 0.4) is 0 Å². The molecule has 2 aromatic rings. The molecule has 0 aliphatic carbocycles. The number of H-pyrrole nitrogens is 1. The molecule has 0 aliphatic heterocycles. The lowest BCUT2D eigenvalue weighted by atomic mass is 10.1. The molecular weight excluding hydrogens is 222 g/mol. The van der Waals surface area contributed by atoms with Crippen LogP contribution in [0.15, 0.2) is 27.5 Å². The van der Waals surface area contributed by atoms with Crippen molar-refractivity contribution in [2.45, 2.75) is 0 Å². The third kappa shape index (κ3) is 2.08. The smallest absolute Gasteiger partial charge is 0.365 e. The number of hydrogen-bond acceptors (Lipinski definition) is 4. The van der Waals surface area contributed by atoms with E-state index in [0.717, 1.165) is 0 Å². The fourth-order valence-electron chi connectivity index (χ4n) is 1.45. The van der Waals surface area contributed by atoms with Gasteiger partial charge in [-0.2, -0.15) is 0 Å². The molecule has 0 saturated heterocycles. The summed E-state index contributed by atoms with van der Waals surface area (Å²) in [7, 11) is 1.47. The highest BCUT2D eigenvalue weighted by atomic mass is 16.5. The van der Waals surface area contributed by atoms with E-state index in [2.05, 4.69) is 16.3 Å². The molecule has 5 nitrogen and oxygen atoms in total. The Kier molecular flexibility index (Phi) is 2.74. The summed E-state index contributed by atoms with van der Waals surface area (Å²) >= 11 is 0. The number of phenols is 1. The third-order valence-corrected chi connectivity index (χ3v) is 2.33. The molecule has 0 fully saturated rings. The summed E-state index contributed by atoms with van der Waals surface area (Å²) in [5, 5.41) is 12.7. The zero-order chi connectivity index (χ0) is 12.4. The maximum atomic E-state index is 11.3. The zero-order valence-corrected chi connectivity index (χ0v) is 9.19. The predicted octanol–water partition coefficient (Wildman–Crippen LogP) is -0.0788. The largest absolute Gasteiger partial charge is 0.504 e. The van der Waals surface area contributed by atoms with E-state index in [-0.39, 0.29) is 5.75 Å². The van der Waals surface area contributed by atoms with Gasteiger partial charge in [0.1, 0.15) is 0 Å². The van der Waals surface area contributed by atoms with E-state index in [1.807, 2.05) is 0 Å². The second-order valence-electron chi connectivity index (χ2n) is 3.46. The second kappa shape index (κ2) is 4.21. The van der Waals surface area contributed by atoms with Crippen LogP contribution in [0, 0.1) is 0 Å². The van der Waals surface area contributed by atoms with Crippen LogP contribution in [0.4, 0.5) is 0 Å². The van der Waals surface area contributed by atoms with Crippen LogP contribution in [0.1, 0.15) is 5.56 Å². The van der Waals surface area contributed by atoms with Crippen molar-refractivity contribution in [3.05, 3.63) is 44.8 Å². The Morgan fingerprint density at radius 1 is 1.53 bits per heavy atom. The minimum absolute atomic E-state index is 0.00628. The first-order chi connectivity index (χ1) is 8.11. The van der Waals surface area contributed by atoms with E-state index in [1.165, 1.54) is 13.2 Å². The highest BCUT2D eigenvalue weighted by molar-refractivity contribution is 5.55. The molecule has 0 bridgehead atoms. The molecular formula is C12H11NO4. The van der Waals surface area contributed by atoms with Crippen LogP contribution in [-0.4, -0.2) is 17.4 Å². The van der Waals surface area contributed by atoms with Crippen molar-refractivity contribution in [3.63, 3.8) is 0 Å². The molecule has 0 aliphatic rings. The first-order valence-electron chi connectivity index (χ1n) is 4.87. The average Bonchev–Trinajstić information content (AvgIpc) is 2.61. The van der Waals surface area contributed by atoms with Crippen molar-refractivity contribution in [1.82, 2.24) is 5.16 Å². The number of aromatic nitrogens is 1. The Bertz CT molecular complexity index is 666. The van der Waals surface area contributed by atoms with Crippen LogP contribution >= 0.6 is 0 Å². The van der Waals surface area contributed by atoms with Crippen LogP contribution in [0.2, 0.25) is 0 Å². The van der Waals surface area contributed by atoms with Gasteiger partial charge in [-0.25, -0.2) is 9.95 Å². The van der Waals surface area contributed by atoms with Crippen molar-refractivity contribution in [1.29, 1.82) is 0 Å². The van der Waals surface area contributed by atoms with Crippen molar-refractivity contribution in [2.75, 3.05) is 7.11 Å². The Labute approximate surface area is 96.2 Å². The summed E-state index contributed by atoms with van der Waals surface area (Å²) in [6.45, 7) is 3.63. The third-order valence-electron chi connectivity index (χ3n) is 2.33. The highest BCUT2D eigenvalue weighted by Gasteiger charge is 2.02. The van der Waals surface area contributed by atoms with Crippen molar-refractivity contribution in [2.24, 2.45) is 0 Å². The van der Waals surface area contributed by atoms with Crippen molar-refractivity contribution < 1.29 is 14.4 Å². The fraction of sp³-hybridized carbons (Fsp3) is 0.0833. The van der Waals surface area contributed by atoms with Gasteiger partial charge < -0.3 is 14.4 Å². The van der Waals surface area contributed by atoms with Gasteiger partial charge >= 0.3 is 5.63 Å². The molecule has 0 radical (unpaired) electrons. The molecule has 1 aromatic heterocycles. The van der Waals surface area contributed by atoms with Gasteiger partial charge in [-0.3, -0.25) is 0 Å². The number of hydrogen-bond donors (Lipinski definition) is 2. The van der Waals surface area contributed by atoms with Gasteiger partial charge in [0.05, 0.1) is 17.7 Å². The van der Waals surface area contributed by atoms with E-state index in [1.54, 1.807) is 18.2 Å². The first kappa shape index (κ1) is 11.1. The molecule has 2 N–H and O–H groups in total. The number of ether oxygens (including phenoxy) is 1. The summed E-state index contributed by atoms with van der Waals surface area (Å²) in [5.74, 6) is 0.380.